The van der Waals surface area contributed by atoms with E-state index in [9.17, 15) is 14.4 Å². The van der Waals surface area contributed by atoms with E-state index in [1.807, 2.05) is 26.0 Å². The van der Waals surface area contributed by atoms with Gasteiger partial charge in [0.15, 0.2) is 6.61 Å². The summed E-state index contributed by atoms with van der Waals surface area (Å²) in [7, 11) is 0. The van der Waals surface area contributed by atoms with Crippen LogP contribution in [0.3, 0.4) is 0 Å². The summed E-state index contributed by atoms with van der Waals surface area (Å²) in [6.07, 6.45) is 1.18. The van der Waals surface area contributed by atoms with E-state index in [1.54, 1.807) is 28.8 Å². The second-order valence-corrected chi connectivity index (χ2v) is 8.66. The molecule has 3 rings (SSSR count). The number of hydrogen-bond acceptors (Lipinski definition) is 5. The number of esters is 1. The van der Waals surface area contributed by atoms with Crippen molar-refractivity contribution in [2.45, 2.75) is 43.6 Å². The summed E-state index contributed by atoms with van der Waals surface area (Å²) >= 11 is 7.54. The van der Waals surface area contributed by atoms with Crippen LogP contribution in [0, 0.1) is 0 Å². The Hall–Kier alpha value is -1.73. The average Bonchev–Trinajstić information content (AvgIpc) is 3.09. The molecular weight excluding hydrogens is 376 g/mol. The standard InChI is InChI=1S/C18H21ClN2O4S/c1-11(12-4-3-5-13(19)8-12)20-15(22)9-25-17(24)14-10-26-18(2)7-6-16(23)21(14)18/h3-5,8,11,14H,6-7,9-10H2,1-2H3,(H,20,22)/t11-,14-,18-/m0/s1. The number of nitrogens with zero attached hydrogens (tertiary/aromatic N) is 1. The zero-order valence-corrected chi connectivity index (χ0v) is 16.2. The van der Waals surface area contributed by atoms with Gasteiger partial charge < -0.3 is 15.0 Å². The van der Waals surface area contributed by atoms with Gasteiger partial charge in [-0.15, -0.1) is 11.8 Å². The molecule has 2 saturated heterocycles. The average molecular weight is 397 g/mol. The monoisotopic (exact) mass is 396 g/mol. The van der Waals surface area contributed by atoms with Gasteiger partial charge >= 0.3 is 5.97 Å². The highest BCUT2D eigenvalue weighted by molar-refractivity contribution is 8.01. The molecule has 2 heterocycles. The molecule has 0 unspecified atom stereocenters. The van der Waals surface area contributed by atoms with Gasteiger partial charge in [-0.05, 0) is 38.0 Å². The van der Waals surface area contributed by atoms with E-state index in [0.717, 1.165) is 12.0 Å². The van der Waals surface area contributed by atoms with Crippen LogP contribution in [0.1, 0.15) is 38.3 Å². The van der Waals surface area contributed by atoms with Gasteiger partial charge in [-0.25, -0.2) is 4.79 Å². The Morgan fingerprint density at radius 2 is 2.27 bits per heavy atom. The number of fused-ring (bicyclic) bond motifs is 1. The van der Waals surface area contributed by atoms with Crippen LogP contribution >= 0.6 is 23.4 Å². The summed E-state index contributed by atoms with van der Waals surface area (Å²) in [5, 5.41) is 3.36. The zero-order chi connectivity index (χ0) is 18.9. The molecule has 0 radical (unpaired) electrons. The highest BCUT2D eigenvalue weighted by atomic mass is 35.5. The van der Waals surface area contributed by atoms with E-state index in [1.165, 1.54) is 0 Å². The fourth-order valence-electron chi connectivity index (χ4n) is 3.37. The summed E-state index contributed by atoms with van der Waals surface area (Å²) in [6, 6.07) is 6.33. The molecule has 0 aliphatic carbocycles. The van der Waals surface area contributed by atoms with Crippen molar-refractivity contribution in [3.05, 3.63) is 34.9 Å². The number of ether oxygens (including phenoxy) is 1. The maximum absolute atomic E-state index is 12.4. The molecule has 2 aliphatic heterocycles. The molecular formula is C18H21ClN2O4S. The van der Waals surface area contributed by atoms with Crippen LogP contribution in [-0.2, 0) is 19.1 Å². The first-order valence-corrected chi connectivity index (χ1v) is 9.84. The number of carbonyl (C=O) groups is 3. The van der Waals surface area contributed by atoms with Crippen LogP contribution in [0.15, 0.2) is 24.3 Å². The molecule has 1 aromatic carbocycles. The second-order valence-electron chi connectivity index (χ2n) is 6.72. The number of amides is 2. The third kappa shape index (κ3) is 3.83. The Kier molecular flexibility index (Phi) is 5.48. The van der Waals surface area contributed by atoms with Crippen LogP contribution in [0.25, 0.3) is 0 Å². The minimum absolute atomic E-state index is 0.0292. The second kappa shape index (κ2) is 7.48. The molecule has 6 nitrogen and oxygen atoms in total. The first-order valence-electron chi connectivity index (χ1n) is 8.48. The van der Waals surface area contributed by atoms with Crippen molar-refractivity contribution in [2.75, 3.05) is 12.4 Å². The molecule has 8 heteroatoms. The molecule has 0 saturated carbocycles. The molecule has 1 N–H and O–H groups in total. The minimum Gasteiger partial charge on any atom is -0.454 e. The molecule has 0 bridgehead atoms. The van der Waals surface area contributed by atoms with Gasteiger partial charge in [0.1, 0.15) is 6.04 Å². The lowest BCUT2D eigenvalue weighted by atomic mass is 10.1. The van der Waals surface area contributed by atoms with E-state index in [-0.39, 0.29) is 23.4 Å². The summed E-state index contributed by atoms with van der Waals surface area (Å²) in [5.41, 5.74) is 0.864. The highest BCUT2D eigenvalue weighted by Gasteiger charge is 2.53. The van der Waals surface area contributed by atoms with Crippen molar-refractivity contribution in [3.63, 3.8) is 0 Å². The quantitative estimate of drug-likeness (QED) is 0.774. The summed E-state index contributed by atoms with van der Waals surface area (Å²) in [5.74, 6) is -0.450. The molecule has 26 heavy (non-hydrogen) atoms. The topological polar surface area (TPSA) is 75.7 Å². The fourth-order valence-corrected chi connectivity index (χ4v) is 4.99. The molecule has 0 aromatic heterocycles. The minimum atomic E-state index is -0.613. The molecule has 2 amide bonds. The van der Waals surface area contributed by atoms with Gasteiger partial charge in [-0.1, -0.05) is 23.7 Å². The number of thioether (sulfide) groups is 1. The normalized spacial score (nSPS) is 25.7. The number of halogens is 1. The van der Waals surface area contributed by atoms with Crippen molar-refractivity contribution < 1.29 is 19.1 Å². The van der Waals surface area contributed by atoms with E-state index in [0.29, 0.717) is 17.2 Å². The van der Waals surface area contributed by atoms with Crippen molar-refractivity contribution in [1.82, 2.24) is 10.2 Å². The van der Waals surface area contributed by atoms with Gasteiger partial charge in [-0.2, -0.15) is 0 Å². The maximum Gasteiger partial charge on any atom is 0.330 e. The van der Waals surface area contributed by atoms with Crippen molar-refractivity contribution in [3.8, 4) is 0 Å². The van der Waals surface area contributed by atoms with Gasteiger partial charge in [0.2, 0.25) is 5.91 Å². The van der Waals surface area contributed by atoms with E-state index < -0.39 is 17.9 Å². The van der Waals surface area contributed by atoms with Crippen LogP contribution in [0.2, 0.25) is 5.02 Å². The van der Waals surface area contributed by atoms with Crippen molar-refractivity contribution in [2.24, 2.45) is 0 Å². The lowest BCUT2D eigenvalue weighted by Gasteiger charge is -2.29. The largest absolute Gasteiger partial charge is 0.454 e. The lowest BCUT2D eigenvalue weighted by Crippen LogP contribution is -2.47. The molecule has 2 fully saturated rings. The SMILES string of the molecule is C[C@H](NC(=O)COC(=O)[C@@H]1CS[C@@]2(C)CCC(=O)N12)c1cccc(Cl)c1. The van der Waals surface area contributed by atoms with Crippen molar-refractivity contribution in [1.29, 1.82) is 0 Å². The number of benzene rings is 1. The lowest BCUT2D eigenvalue weighted by molar-refractivity contribution is -0.156. The number of carbonyl (C=O) groups excluding carboxylic acids is 3. The Morgan fingerprint density at radius 1 is 1.50 bits per heavy atom. The third-order valence-corrected chi connectivity index (χ3v) is 6.53. The predicted octanol–water partition coefficient (Wildman–Crippen LogP) is 2.51. The first-order chi connectivity index (χ1) is 12.3. The summed E-state index contributed by atoms with van der Waals surface area (Å²) in [6.45, 7) is 3.42. The van der Waals surface area contributed by atoms with Crippen molar-refractivity contribution >= 4 is 41.1 Å². The third-order valence-electron chi connectivity index (χ3n) is 4.79. The Bertz CT molecular complexity index is 744. The predicted molar refractivity (Wildman–Crippen MR) is 99.7 cm³/mol. The fraction of sp³-hybridized carbons (Fsp3) is 0.500. The molecule has 3 atom stereocenters. The van der Waals surface area contributed by atoms with Crippen LogP contribution in [-0.4, -0.2) is 46.0 Å². The Balaban J connectivity index is 1.51. The summed E-state index contributed by atoms with van der Waals surface area (Å²) < 4.78 is 5.17. The van der Waals surface area contributed by atoms with E-state index in [2.05, 4.69) is 5.32 Å². The zero-order valence-electron chi connectivity index (χ0n) is 14.7. The van der Waals surface area contributed by atoms with E-state index >= 15 is 0 Å². The number of nitrogens with one attached hydrogen (secondary N) is 1. The van der Waals surface area contributed by atoms with Gasteiger partial charge in [0.25, 0.3) is 5.91 Å². The number of rotatable bonds is 5. The Labute approximate surface area is 161 Å². The van der Waals surface area contributed by atoms with Gasteiger partial charge in [0, 0.05) is 17.2 Å². The van der Waals surface area contributed by atoms with Gasteiger partial charge in [0.05, 0.1) is 10.9 Å². The smallest absolute Gasteiger partial charge is 0.330 e. The van der Waals surface area contributed by atoms with Crippen LogP contribution in [0.4, 0.5) is 0 Å². The van der Waals surface area contributed by atoms with Crippen LogP contribution < -0.4 is 5.32 Å². The van der Waals surface area contributed by atoms with E-state index in [4.69, 9.17) is 16.3 Å². The molecule has 1 aromatic rings. The molecule has 140 valence electrons. The maximum atomic E-state index is 12.4. The van der Waals surface area contributed by atoms with Crippen LogP contribution in [0.5, 0.6) is 0 Å². The molecule has 2 aliphatic rings. The number of hydrogen-bond donors (Lipinski definition) is 1. The molecule has 0 spiro atoms. The highest BCUT2D eigenvalue weighted by Crippen LogP contribution is 2.47. The Morgan fingerprint density at radius 3 is 3.00 bits per heavy atom. The summed E-state index contributed by atoms with van der Waals surface area (Å²) in [4.78, 5) is 37.8. The first kappa shape index (κ1) is 19.0. The van der Waals surface area contributed by atoms with Gasteiger partial charge in [-0.3, -0.25) is 9.59 Å².